The Morgan fingerprint density at radius 2 is 2.62 bits per heavy atom. The van der Waals surface area contributed by atoms with Gasteiger partial charge in [0.2, 0.25) is 0 Å². The van der Waals surface area contributed by atoms with E-state index in [1.165, 1.54) is 22.8 Å². The molecule has 1 N–H and O–H groups in total. The molecule has 1 saturated heterocycles. The molecule has 1 fully saturated rings. The van der Waals surface area contributed by atoms with Crippen molar-refractivity contribution in [2.75, 3.05) is 16.8 Å². The van der Waals surface area contributed by atoms with Crippen molar-refractivity contribution >= 4 is 28.2 Å². The number of rotatable bonds is 3. The molecule has 0 aliphatic carbocycles. The van der Waals surface area contributed by atoms with Crippen molar-refractivity contribution in [1.29, 1.82) is 0 Å². The minimum absolute atomic E-state index is 0.654. The van der Waals surface area contributed by atoms with E-state index < -0.39 is 0 Å². The number of nitrogens with zero attached hydrogens (tertiary/aromatic N) is 1. The maximum Gasteiger partial charge on any atom is 0.183 e. The van der Waals surface area contributed by atoms with E-state index >= 15 is 0 Å². The molecule has 1 aliphatic rings. The van der Waals surface area contributed by atoms with Gasteiger partial charge in [-0.2, -0.15) is 11.8 Å². The summed E-state index contributed by atoms with van der Waals surface area (Å²) in [7, 11) is 0. The first-order valence-corrected chi connectivity index (χ1v) is 6.64. The van der Waals surface area contributed by atoms with Crippen molar-refractivity contribution < 1.29 is 0 Å². The van der Waals surface area contributed by atoms with Gasteiger partial charge in [0.15, 0.2) is 5.13 Å². The van der Waals surface area contributed by atoms with Crippen molar-refractivity contribution in [1.82, 2.24) is 4.98 Å². The molecule has 1 atom stereocenters. The molecule has 4 heteroatoms. The Bertz CT molecular complexity index is 266. The van der Waals surface area contributed by atoms with Gasteiger partial charge in [-0.15, -0.1) is 11.3 Å². The van der Waals surface area contributed by atoms with Gasteiger partial charge < -0.3 is 5.32 Å². The fourth-order valence-corrected chi connectivity index (χ4v) is 3.34. The van der Waals surface area contributed by atoms with E-state index in [0.29, 0.717) is 6.04 Å². The van der Waals surface area contributed by atoms with Crippen molar-refractivity contribution in [2.24, 2.45) is 0 Å². The highest BCUT2D eigenvalue weighted by molar-refractivity contribution is 7.99. The summed E-state index contributed by atoms with van der Waals surface area (Å²) in [5, 5.41) is 4.58. The monoisotopic (exact) mass is 214 g/mol. The lowest BCUT2D eigenvalue weighted by atomic mass is 10.3. The zero-order valence-electron chi connectivity index (χ0n) is 7.75. The van der Waals surface area contributed by atoms with E-state index in [9.17, 15) is 0 Å². The number of thioether (sulfide) groups is 1. The zero-order valence-corrected chi connectivity index (χ0v) is 9.38. The Morgan fingerprint density at radius 1 is 1.69 bits per heavy atom. The van der Waals surface area contributed by atoms with Crippen LogP contribution in [-0.2, 0) is 6.42 Å². The van der Waals surface area contributed by atoms with E-state index in [0.717, 1.165) is 11.6 Å². The second kappa shape index (κ2) is 4.33. The highest BCUT2D eigenvalue weighted by atomic mass is 32.2. The fourth-order valence-electron chi connectivity index (χ4n) is 1.36. The van der Waals surface area contributed by atoms with Crippen LogP contribution < -0.4 is 5.32 Å². The Balaban J connectivity index is 1.92. The lowest BCUT2D eigenvalue weighted by Gasteiger charge is -2.08. The minimum Gasteiger partial charge on any atom is -0.358 e. The molecular weight excluding hydrogens is 200 g/mol. The third-order valence-electron chi connectivity index (χ3n) is 2.16. The maximum atomic E-state index is 4.35. The molecular formula is C9H14N2S2. The SMILES string of the molecule is CCc1cnc(NC2CCSC2)s1. The summed E-state index contributed by atoms with van der Waals surface area (Å²) in [6, 6.07) is 0.654. The average molecular weight is 214 g/mol. The lowest BCUT2D eigenvalue weighted by molar-refractivity contribution is 0.811. The Labute approximate surface area is 87.1 Å². The third-order valence-corrected chi connectivity index (χ3v) is 4.39. The number of nitrogens with one attached hydrogen (secondary N) is 1. The number of aryl methyl sites for hydroxylation is 1. The molecule has 1 aromatic rings. The van der Waals surface area contributed by atoms with Crippen molar-refractivity contribution in [2.45, 2.75) is 25.8 Å². The molecule has 2 nitrogen and oxygen atoms in total. The van der Waals surface area contributed by atoms with Crippen LogP contribution in [0.3, 0.4) is 0 Å². The second-order valence-corrected chi connectivity index (χ2v) is 5.46. The lowest BCUT2D eigenvalue weighted by Crippen LogP contribution is -2.17. The Morgan fingerprint density at radius 3 is 3.23 bits per heavy atom. The van der Waals surface area contributed by atoms with Crippen LogP contribution in [0.1, 0.15) is 18.2 Å². The van der Waals surface area contributed by atoms with Crippen LogP contribution in [0.15, 0.2) is 6.20 Å². The van der Waals surface area contributed by atoms with Gasteiger partial charge in [0.05, 0.1) is 0 Å². The van der Waals surface area contributed by atoms with Crippen LogP contribution in [0, 0.1) is 0 Å². The minimum atomic E-state index is 0.654. The molecule has 0 bridgehead atoms. The quantitative estimate of drug-likeness (QED) is 0.837. The van der Waals surface area contributed by atoms with E-state index in [1.807, 2.05) is 18.0 Å². The van der Waals surface area contributed by atoms with Crippen LogP contribution in [0.25, 0.3) is 0 Å². The molecule has 0 amide bonds. The van der Waals surface area contributed by atoms with E-state index in [-0.39, 0.29) is 0 Å². The summed E-state index contributed by atoms with van der Waals surface area (Å²) in [5.41, 5.74) is 0. The molecule has 2 rings (SSSR count). The summed E-state index contributed by atoms with van der Waals surface area (Å²) in [6.45, 7) is 2.17. The maximum absolute atomic E-state index is 4.35. The predicted molar refractivity (Wildman–Crippen MR) is 60.8 cm³/mol. The average Bonchev–Trinajstić information content (AvgIpc) is 2.76. The normalized spacial score (nSPS) is 22.1. The molecule has 0 aromatic carbocycles. The van der Waals surface area contributed by atoms with Crippen molar-refractivity contribution in [3.05, 3.63) is 11.1 Å². The van der Waals surface area contributed by atoms with Crippen LogP contribution >= 0.6 is 23.1 Å². The Kier molecular flexibility index (Phi) is 3.11. The van der Waals surface area contributed by atoms with E-state index in [4.69, 9.17) is 0 Å². The summed E-state index contributed by atoms with van der Waals surface area (Å²) >= 11 is 3.82. The number of thiazole rings is 1. The first-order valence-electron chi connectivity index (χ1n) is 4.67. The molecule has 0 radical (unpaired) electrons. The van der Waals surface area contributed by atoms with Gasteiger partial charge in [-0.05, 0) is 18.6 Å². The van der Waals surface area contributed by atoms with Crippen LogP contribution in [0.5, 0.6) is 0 Å². The van der Waals surface area contributed by atoms with Gasteiger partial charge in [-0.1, -0.05) is 6.92 Å². The molecule has 0 spiro atoms. The molecule has 2 heterocycles. The topological polar surface area (TPSA) is 24.9 Å². The molecule has 0 saturated carbocycles. The van der Waals surface area contributed by atoms with Gasteiger partial charge in [-0.3, -0.25) is 0 Å². The van der Waals surface area contributed by atoms with E-state index in [1.54, 1.807) is 11.3 Å². The van der Waals surface area contributed by atoms with Gasteiger partial charge >= 0.3 is 0 Å². The van der Waals surface area contributed by atoms with Crippen LogP contribution in [-0.4, -0.2) is 22.5 Å². The smallest absolute Gasteiger partial charge is 0.183 e. The Hall–Kier alpha value is -0.220. The van der Waals surface area contributed by atoms with Gasteiger partial charge in [0.25, 0.3) is 0 Å². The van der Waals surface area contributed by atoms with Crippen LogP contribution in [0.4, 0.5) is 5.13 Å². The summed E-state index contributed by atoms with van der Waals surface area (Å²) in [4.78, 5) is 5.72. The van der Waals surface area contributed by atoms with Gasteiger partial charge in [-0.25, -0.2) is 4.98 Å². The molecule has 13 heavy (non-hydrogen) atoms. The van der Waals surface area contributed by atoms with Gasteiger partial charge in [0, 0.05) is 22.9 Å². The highest BCUT2D eigenvalue weighted by Crippen LogP contribution is 2.24. The van der Waals surface area contributed by atoms with Gasteiger partial charge in [0.1, 0.15) is 0 Å². The first-order chi connectivity index (χ1) is 6.38. The fraction of sp³-hybridized carbons (Fsp3) is 0.667. The summed E-state index contributed by atoms with van der Waals surface area (Å²) in [5.74, 6) is 2.53. The first kappa shape index (κ1) is 9.34. The molecule has 1 aliphatic heterocycles. The largest absolute Gasteiger partial charge is 0.358 e. The van der Waals surface area contributed by atoms with Crippen molar-refractivity contribution in [3.63, 3.8) is 0 Å². The third kappa shape index (κ3) is 2.38. The molecule has 72 valence electrons. The van der Waals surface area contributed by atoms with Crippen LogP contribution in [0.2, 0.25) is 0 Å². The van der Waals surface area contributed by atoms with E-state index in [2.05, 4.69) is 17.2 Å². The number of aromatic nitrogens is 1. The predicted octanol–water partition coefficient (Wildman–Crippen LogP) is 2.62. The number of hydrogen-bond donors (Lipinski definition) is 1. The number of hydrogen-bond acceptors (Lipinski definition) is 4. The molecule has 1 unspecified atom stereocenters. The molecule has 1 aromatic heterocycles. The van der Waals surface area contributed by atoms with Crippen molar-refractivity contribution in [3.8, 4) is 0 Å². The number of anilines is 1. The summed E-state index contributed by atoms with van der Waals surface area (Å²) in [6.07, 6.45) is 4.36. The standard InChI is InChI=1S/C9H14N2S2/c1-2-8-5-10-9(13-8)11-7-3-4-12-6-7/h5,7H,2-4,6H2,1H3,(H,10,11). The zero-order chi connectivity index (χ0) is 9.10. The summed E-state index contributed by atoms with van der Waals surface area (Å²) < 4.78 is 0. The second-order valence-electron chi connectivity index (χ2n) is 3.19. The highest BCUT2D eigenvalue weighted by Gasteiger charge is 2.15.